The Labute approximate surface area is 236 Å². The van der Waals surface area contributed by atoms with Crippen LogP contribution in [0.3, 0.4) is 0 Å². The maximum absolute atomic E-state index is 13.1. The van der Waals surface area contributed by atoms with Gasteiger partial charge in [-0.3, -0.25) is 0 Å². The molecule has 0 saturated carbocycles. The molecule has 0 amide bonds. The zero-order chi connectivity index (χ0) is 27.4. The van der Waals surface area contributed by atoms with E-state index in [0.717, 1.165) is 64.5 Å². The summed E-state index contributed by atoms with van der Waals surface area (Å²) in [6, 6.07) is 34.6. The molecule has 5 nitrogen and oxygen atoms in total. The van der Waals surface area contributed by atoms with Gasteiger partial charge >= 0.3 is 5.63 Å². The van der Waals surface area contributed by atoms with Gasteiger partial charge in [-0.15, -0.1) is 0 Å². The first-order valence-electron chi connectivity index (χ1n) is 14.0. The number of benzene rings is 5. The van der Waals surface area contributed by atoms with E-state index in [4.69, 9.17) is 13.9 Å². The second-order valence-corrected chi connectivity index (χ2v) is 10.6. The number of rotatable bonds is 3. The Morgan fingerprint density at radius 3 is 2.05 bits per heavy atom. The second-order valence-electron chi connectivity index (χ2n) is 10.6. The molecule has 2 aliphatic heterocycles. The number of nitrogens with zero attached hydrogens (tertiary/aromatic N) is 1. The summed E-state index contributed by atoms with van der Waals surface area (Å²) in [5, 5.41) is 4.04. The highest BCUT2D eigenvalue weighted by atomic mass is 16.5. The average molecular weight is 538 g/mol. The molecule has 1 atom stereocenters. The number of hydrogen-bond acceptors (Lipinski definition) is 5. The smallest absolute Gasteiger partial charge is 0.344 e. The van der Waals surface area contributed by atoms with Crippen molar-refractivity contribution in [1.29, 1.82) is 0 Å². The molecule has 1 fully saturated rings. The molecule has 2 aliphatic rings. The SMILES string of the molecule is O=c1oc2c3ccccc3c3c(c2c2ccccc12)OC(c1ccccc1)(c1ccc(N2CCOCC2)cc1)C=C3. The van der Waals surface area contributed by atoms with Crippen molar-refractivity contribution in [2.45, 2.75) is 5.60 Å². The van der Waals surface area contributed by atoms with Gasteiger partial charge in [-0.2, -0.15) is 0 Å². The molecule has 200 valence electrons. The van der Waals surface area contributed by atoms with Gasteiger partial charge in [0.2, 0.25) is 0 Å². The molecule has 1 unspecified atom stereocenters. The predicted octanol–water partition coefficient (Wildman–Crippen LogP) is 7.29. The first-order valence-corrected chi connectivity index (χ1v) is 14.0. The van der Waals surface area contributed by atoms with E-state index in [2.05, 4.69) is 59.5 Å². The predicted molar refractivity (Wildman–Crippen MR) is 164 cm³/mol. The lowest BCUT2D eigenvalue weighted by Gasteiger charge is -2.37. The van der Waals surface area contributed by atoms with E-state index >= 15 is 0 Å². The molecule has 0 N–H and O–H groups in total. The summed E-state index contributed by atoms with van der Waals surface area (Å²) in [5.41, 5.74) is 3.49. The van der Waals surface area contributed by atoms with Crippen LogP contribution in [0.15, 0.2) is 118 Å². The molecule has 0 bridgehead atoms. The molecule has 3 heterocycles. The van der Waals surface area contributed by atoms with Crippen LogP contribution in [0.1, 0.15) is 16.7 Å². The minimum Gasteiger partial charge on any atom is -0.472 e. The monoisotopic (exact) mass is 537 g/mol. The maximum Gasteiger partial charge on any atom is 0.344 e. The maximum atomic E-state index is 13.1. The first-order chi connectivity index (χ1) is 20.2. The highest BCUT2D eigenvalue weighted by Crippen LogP contribution is 2.49. The van der Waals surface area contributed by atoms with Crippen molar-refractivity contribution in [3.05, 3.63) is 136 Å². The number of hydrogen-bond donors (Lipinski definition) is 0. The van der Waals surface area contributed by atoms with E-state index in [1.165, 1.54) is 5.69 Å². The van der Waals surface area contributed by atoms with Crippen LogP contribution in [0, 0.1) is 0 Å². The van der Waals surface area contributed by atoms with E-state index < -0.39 is 5.60 Å². The van der Waals surface area contributed by atoms with Crippen molar-refractivity contribution in [3.8, 4) is 5.75 Å². The lowest BCUT2D eigenvalue weighted by Crippen LogP contribution is -2.36. The van der Waals surface area contributed by atoms with Crippen LogP contribution in [0.4, 0.5) is 5.69 Å². The van der Waals surface area contributed by atoms with E-state index in [1.54, 1.807) is 0 Å². The molecule has 6 aromatic rings. The number of fused-ring (bicyclic) bond motifs is 8. The number of anilines is 1. The van der Waals surface area contributed by atoms with Crippen molar-refractivity contribution >= 4 is 44.3 Å². The second kappa shape index (κ2) is 9.36. The van der Waals surface area contributed by atoms with Crippen LogP contribution in [0.5, 0.6) is 5.75 Å². The highest BCUT2D eigenvalue weighted by molar-refractivity contribution is 6.19. The van der Waals surface area contributed by atoms with Crippen LogP contribution in [-0.2, 0) is 10.3 Å². The van der Waals surface area contributed by atoms with Gasteiger partial charge in [0.25, 0.3) is 0 Å². The van der Waals surface area contributed by atoms with Crippen LogP contribution in [0.25, 0.3) is 38.6 Å². The molecule has 5 heteroatoms. The van der Waals surface area contributed by atoms with Crippen LogP contribution < -0.4 is 15.3 Å². The zero-order valence-electron chi connectivity index (χ0n) is 22.4. The molecule has 1 saturated heterocycles. The normalized spacial score (nSPS) is 18.5. The molecule has 0 radical (unpaired) electrons. The van der Waals surface area contributed by atoms with Crippen molar-refractivity contribution in [3.63, 3.8) is 0 Å². The Kier molecular flexibility index (Phi) is 5.47. The molecular formula is C36H27NO4. The van der Waals surface area contributed by atoms with Crippen LogP contribution in [0.2, 0.25) is 0 Å². The third-order valence-corrected chi connectivity index (χ3v) is 8.39. The first kappa shape index (κ1) is 24.0. The highest BCUT2D eigenvalue weighted by Gasteiger charge is 2.39. The molecule has 1 aromatic heterocycles. The summed E-state index contributed by atoms with van der Waals surface area (Å²) in [6.07, 6.45) is 4.33. The van der Waals surface area contributed by atoms with Gasteiger partial charge < -0.3 is 18.8 Å². The number of morpholine rings is 1. The largest absolute Gasteiger partial charge is 0.472 e. The Balaban J connectivity index is 1.40. The fraction of sp³-hybridized carbons (Fsp3) is 0.139. The molecular weight excluding hydrogens is 510 g/mol. The number of ether oxygens (including phenoxy) is 2. The van der Waals surface area contributed by atoms with E-state index in [-0.39, 0.29) is 5.63 Å². The molecule has 0 aliphatic carbocycles. The minimum atomic E-state index is -0.884. The van der Waals surface area contributed by atoms with Crippen molar-refractivity contribution in [1.82, 2.24) is 0 Å². The molecule has 5 aromatic carbocycles. The summed E-state index contributed by atoms with van der Waals surface area (Å²) < 4.78 is 18.9. The topological polar surface area (TPSA) is 51.9 Å². The fourth-order valence-corrected chi connectivity index (χ4v) is 6.36. The zero-order valence-corrected chi connectivity index (χ0v) is 22.4. The molecule has 41 heavy (non-hydrogen) atoms. The van der Waals surface area contributed by atoms with Gasteiger partial charge in [0.05, 0.1) is 24.0 Å². The van der Waals surface area contributed by atoms with E-state index in [0.29, 0.717) is 16.7 Å². The van der Waals surface area contributed by atoms with Gasteiger partial charge in [-0.25, -0.2) is 4.79 Å². The van der Waals surface area contributed by atoms with Gasteiger partial charge in [0, 0.05) is 46.2 Å². The van der Waals surface area contributed by atoms with Gasteiger partial charge in [-0.05, 0) is 35.7 Å². The van der Waals surface area contributed by atoms with Gasteiger partial charge in [0.15, 0.2) is 11.2 Å². The van der Waals surface area contributed by atoms with Crippen molar-refractivity contribution in [2.24, 2.45) is 0 Å². The Bertz CT molecular complexity index is 2020. The van der Waals surface area contributed by atoms with Crippen LogP contribution >= 0.6 is 0 Å². The third-order valence-electron chi connectivity index (χ3n) is 8.39. The Morgan fingerprint density at radius 2 is 1.29 bits per heavy atom. The van der Waals surface area contributed by atoms with Gasteiger partial charge in [-0.1, -0.05) is 84.9 Å². The van der Waals surface area contributed by atoms with Crippen molar-refractivity contribution < 1.29 is 13.9 Å². The Hall–Kier alpha value is -4.87. The van der Waals surface area contributed by atoms with Gasteiger partial charge in [0.1, 0.15) is 5.75 Å². The summed E-state index contributed by atoms with van der Waals surface area (Å²) in [7, 11) is 0. The summed E-state index contributed by atoms with van der Waals surface area (Å²) in [6.45, 7) is 3.24. The molecule has 8 rings (SSSR count). The summed E-state index contributed by atoms with van der Waals surface area (Å²) in [4.78, 5) is 15.5. The van der Waals surface area contributed by atoms with E-state index in [1.807, 2.05) is 60.7 Å². The standard InChI is InChI=1S/C36H27NO4/c38-35-31-13-7-5-11-28(31)32-33(40-35)29-12-6-4-10-27(29)30-18-19-36(41-34(30)32,24-8-2-1-3-9-24)25-14-16-26(17-15-25)37-20-22-39-23-21-37/h1-19H,20-23H2. The Morgan fingerprint density at radius 1 is 0.659 bits per heavy atom. The van der Waals surface area contributed by atoms with Crippen molar-refractivity contribution in [2.75, 3.05) is 31.2 Å². The summed E-state index contributed by atoms with van der Waals surface area (Å²) >= 11 is 0. The lowest BCUT2D eigenvalue weighted by atomic mass is 9.82. The van der Waals surface area contributed by atoms with Crippen LogP contribution in [-0.4, -0.2) is 26.3 Å². The minimum absolute atomic E-state index is 0.349. The lowest BCUT2D eigenvalue weighted by molar-refractivity contribution is 0.122. The fourth-order valence-electron chi connectivity index (χ4n) is 6.36. The van der Waals surface area contributed by atoms with E-state index in [9.17, 15) is 4.79 Å². The molecule has 0 spiro atoms. The third kappa shape index (κ3) is 3.70. The summed E-state index contributed by atoms with van der Waals surface area (Å²) in [5.74, 6) is 0.710. The quantitative estimate of drug-likeness (QED) is 0.175. The average Bonchev–Trinajstić information content (AvgIpc) is 3.05.